The number of alkyl halides is 1. The molecule has 0 amide bonds. The van der Waals surface area contributed by atoms with Crippen LogP contribution in [0.4, 0.5) is 0 Å². The lowest BCUT2D eigenvalue weighted by atomic mass is 10.2. The summed E-state index contributed by atoms with van der Waals surface area (Å²) in [6.45, 7) is 2.67. The molecule has 0 saturated carbocycles. The van der Waals surface area contributed by atoms with Gasteiger partial charge in [0.15, 0.2) is 11.5 Å². The van der Waals surface area contributed by atoms with Gasteiger partial charge in [0.05, 0.1) is 0 Å². The molecule has 0 saturated heterocycles. The molecule has 0 radical (unpaired) electrons. The normalized spacial score (nSPS) is 20.0. The molecule has 2 rings (SSSR count). The fourth-order valence-electron chi connectivity index (χ4n) is 1.30. The van der Waals surface area contributed by atoms with E-state index in [1.807, 2.05) is 25.1 Å². The summed E-state index contributed by atoms with van der Waals surface area (Å²) in [6.07, 6.45) is 0.134. The van der Waals surface area contributed by atoms with Gasteiger partial charge in [0.2, 0.25) is 0 Å². The second-order valence-corrected chi connectivity index (χ2v) is 3.80. The van der Waals surface area contributed by atoms with Gasteiger partial charge in [0, 0.05) is 5.33 Å². The monoisotopic (exact) mass is 242 g/mol. The summed E-state index contributed by atoms with van der Waals surface area (Å²) in [5.74, 6) is 1.71. The predicted molar refractivity (Wildman–Crippen MR) is 54.9 cm³/mol. The van der Waals surface area contributed by atoms with Gasteiger partial charge in [-0.15, -0.1) is 0 Å². The van der Waals surface area contributed by atoms with E-state index in [0.29, 0.717) is 6.61 Å². The van der Waals surface area contributed by atoms with Crippen LogP contribution < -0.4 is 9.47 Å². The van der Waals surface area contributed by atoms with E-state index >= 15 is 0 Å². The SMILES string of the molecule is Cc1ccc2c(c1)OC(CBr)CO2. The van der Waals surface area contributed by atoms with E-state index in [1.165, 1.54) is 5.56 Å². The molecule has 1 aliphatic rings. The molecular formula is C10H11BrO2. The summed E-state index contributed by atoms with van der Waals surface area (Å²) in [5.41, 5.74) is 1.19. The van der Waals surface area contributed by atoms with Gasteiger partial charge in [-0.05, 0) is 24.6 Å². The van der Waals surface area contributed by atoms with E-state index in [4.69, 9.17) is 9.47 Å². The molecule has 0 bridgehead atoms. The largest absolute Gasteiger partial charge is 0.486 e. The standard InChI is InChI=1S/C10H11BrO2/c1-7-2-3-9-10(4-7)13-8(5-11)6-12-9/h2-4,8H,5-6H2,1H3. The maximum Gasteiger partial charge on any atom is 0.162 e. The third-order valence-electron chi connectivity index (χ3n) is 1.99. The van der Waals surface area contributed by atoms with Crippen molar-refractivity contribution in [1.29, 1.82) is 0 Å². The van der Waals surface area contributed by atoms with E-state index < -0.39 is 0 Å². The van der Waals surface area contributed by atoms with Crippen molar-refractivity contribution >= 4 is 15.9 Å². The molecule has 1 heterocycles. The molecule has 1 aliphatic heterocycles. The number of fused-ring (bicyclic) bond motifs is 1. The Bertz CT molecular complexity index is 312. The Morgan fingerprint density at radius 2 is 2.31 bits per heavy atom. The van der Waals surface area contributed by atoms with E-state index in [1.54, 1.807) is 0 Å². The first-order valence-corrected chi connectivity index (χ1v) is 5.38. The highest BCUT2D eigenvalue weighted by molar-refractivity contribution is 9.09. The van der Waals surface area contributed by atoms with Crippen molar-refractivity contribution in [2.75, 3.05) is 11.9 Å². The second-order valence-electron chi connectivity index (χ2n) is 3.16. The van der Waals surface area contributed by atoms with Crippen LogP contribution in [0.1, 0.15) is 5.56 Å². The molecule has 1 unspecified atom stereocenters. The average molecular weight is 243 g/mol. The summed E-state index contributed by atoms with van der Waals surface area (Å²) in [7, 11) is 0. The Labute approximate surface area is 86.0 Å². The third kappa shape index (κ3) is 1.80. The lowest BCUT2D eigenvalue weighted by Gasteiger charge is -2.25. The molecular weight excluding hydrogens is 232 g/mol. The Hall–Kier alpha value is -0.700. The Morgan fingerprint density at radius 3 is 3.08 bits per heavy atom. The predicted octanol–water partition coefficient (Wildman–Crippen LogP) is 2.53. The maximum atomic E-state index is 5.69. The number of hydrogen-bond acceptors (Lipinski definition) is 2. The van der Waals surface area contributed by atoms with Crippen LogP contribution in [-0.2, 0) is 0 Å². The maximum absolute atomic E-state index is 5.69. The molecule has 13 heavy (non-hydrogen) atoms. The van der Waals surface area contributed by atoms with Gasteiger partial charge in [0.25, 0.3) is 0 Å². The molecule has 0 spiro atoms. The molecule has 0 aromatic heterocycles. The van der Waals surface area contributed by atoms with Gasteiger partial charge in [-0.2, -0.15) is 0 Å². The Kier molecular flexibility index (Phi) is 2.44. The average Bonchev–Trinajstić information content (AvgIpc) is 2.16. The number of rotatable bonds is 1. The smallest absolute Gasteiger partial charge is 0.162 e. The molecule has 70 valence electrons. The molecule has 1 aromatic rings. The van der Waals surface area contributed by atoms with Crippen molar-refractivity contribution in [1.82, 2.24) is 0 Å². The van der Waals surface area contributed by atoms with Crippen LogP contribution in [0.5, 0.6) is 11.5 Å². The zero-order valence-corrected chi connectivity index (χ0v) is 9.00. The first-order chi connectivity index (χ1) is 6.29. The summed E-state index contributed by atoms with van der Waals surface area (Å²) < 4.78 is 11.2. The van der Waals surface area contributed by atoms with E-state index in [9.17, 15) is 0 Å². The van der Waals surface area contributed by atoms with Gasteiger partial charge in [-0.25, -0.2) is 0 Å². The van der Waals surface area contributed by atoms with Crippen molar-refractivity contribution in [3.8, 4) is 11.5 Å². The van der Waals surface area contributed by atoms with Crippen molar-refractivity contribution in [3.05, 3.63) is 23.8 Å². The van der Waals surface area contributed by atoms with Gasteiger partial charge in [-0.1, -0.05) is 22.0 Å². The molecule has 2 nitrogen and oxygen atoms in total. The minimum atomic E-state index is 0.134. The summed E-state index contributed by atoms with van der Waals surface area (Å²) in [4.78, 5) is 0. The van der Waals surface area contributed by atoms with Gasteiger partial charge >= 0.3 is 0 Å². The van der Waals surface area contributed by atoms with Crippen LogP contribution >= 0.6 is 15.9 Å². The molecule has 3 heteroatoms. The van der Waals surface area contributed by atoms with E-state index in [0.717, 1.165) is 16.8 Å². The summed E-state index contributed by atoms with van der Waals surface area (Å²) in [6, 6.07) is 5.98. The Morgan fingerprint density at radius 1 is 1.46 bits per heavy atom. The fraction of sp³-hybridized carbons (Fsp3) is 0.400. The van der Waals surface area contributed by atoms with Gasteiger partial charge < -0.3 is 9.47 Å². The van der Waals surface area contributed by atoms with Crippen molar-refractivity contribution in [3.63, 3.8) is 0 Å². The first-order valence-electron chi connectivity index (χ1n) is 4.25. The number of halogens is 1. The molecule has 0 fully saturated rings. The molecule has 1 atom stereocenters. The summed E-state index contributed by atoms with van der Waals surface area (Å²) >= 11 is 3.38. The fourth-order valence-corrected chi connectivity index (χ4v) is 1.62. The molecule has 0 aliphatic carbocycles. The van der Waals surface area contributed by atoms with Crippen molar-refractivity contribution < 1.29 is 9.47 Å². The quantitative estimate of drug-likeness (QED) is 0.705. The van der Waals surface area contributed by atoms with E-state index in [-0.39, 0.29) is 6.10 Å². The zero-order valence-electron chi connectivity index (χ0n) is 7.42. The number of hydrogen-bond donors (Lipinski definition) is 0. The highest BCUT2D eigenvalue weighted by Gasteiger charge is 2.19. The van der Waals surface area contributed by atoms with Crippen LogP contribution in [0.2, 0.25) is 0 Å². The van der Waals surface area contributed by atoms with Crippen LogP contribution in [0.3, 0.4) is 0 Å². The summed E-state index contributed by atoms with van der Waals surface area (Å²) in [5, 5.41) is 0.806. The van der Waals surface area contributed by atoms with Gasteiger partial charge in [-0.3, -0.25) is 0 Å². The number of aryl methyl sites for hydroxylation is 1. The van der Waals surface area contributed by atoms with Crippen molar-refractivity contribution in [2.45, 2.75) is 13.0 Å². The van der Waals surface area contributed by atoms with Gasteiger partial charge in [0.1, 0.15) is 12.7 Å². The lowest BCUT2D eigenvalue weighted by molar-refractivity contribution is 0.108. The van der Waals surface area contributed by atoms with E-state index in [2.05, 4.69) is 15.9 Å². The minimum absolute atomic E-state index is 0.134. The minimum Gasteiger partial charge on any atom is -0.486 e. The van der Waals surface area contributed by atoms with Crippen LogP contribution in [0.25, 0.3) is 0 Å². The number of ether oxygens (including phenoxy) is 2. The molecule has 1 aromatic carbocycles. The van der Waals surface area contributed by atoms with Crippen LogP contribution in [-0.4, -0.2) is 18.0 Å². The third-order valence-corrected chi connectivity index (χ3v) is 2.71. The van der Waals surface area contributed by atoms with Crippen LogP contribution in [0, 0.1) is 6.92 Å². The van der Waals surface area contributed by atoms with Crippen molar-refractivity contribution in [2.24, 2.45) is 0 Å². The second kappa shape index (κ2) is 3.58. The molecule has 0 N–H and O–H groups in total. The first kappa shape index (κ1) is 8.88. The zero-order chi connectivity index (χ0) is 9.26. The van der Waals surface area contributed by atoms with Crippen LogP contribution in [0.15, 0.2) is 18.2 Å². The topological polar surface area (TPSA) is 18.5 Å². The Balaban J connectivity index is 2.27. The number of benzene rings is 1. The lowest BCUT2D eigenvalue weighted by Crippen LogP contribution is -2.30. The highest BCUT2D eigenvalue weighted by Crippen LogP contribution is 2.32. The highest BCUT2D eigenvalue weighted by atomic mass is 79.9.